The SMILES string of the molecule is c1ccc(-c2ccc(-c3nnc(-c4c5c(c(-c6nnc(-c7ccc(-c8ccccc8)cc7)o6)c6nsnc46)N=S=N5)o3)cc2)cc1. The highest BCUT2D eigenvalue weighted by molar-refractivity contribution is 7.58. The molecule has 0 unspecified atom stereocenters. The van der Waals surface area contributed by atoms with Gasteiger partial charge in [0, 0.05) is 11.1 Å². The third kappa shape index (κ3) is 4.47. The van der Waals surface area contributed by atoms with Gasteiger partial charge in [0.2, 0.25) is 11.8 Å². The minimum atomic E-state index is 0.272. The average molecular weight is 635 g/mol. The summed E-state index contributed by atoms with van der Waals surface area (Å²) in [5.74, 6) is 1.31. The van der Waals surface area contributed by atoms with Gasteiger partial charge in [-0.15, -0.1) is 20.4 Å². The largest absolute Gasteiger partial charge is 0.416 e. The van der Waals surface area contributed by atoms with Gasteiger partial charge in [0.25, 0.3) is 11.8 Å². The molecule has 5 aromatic carbocycles. The first kappa shape index (κ1) is 26.4. The molecule has 12 heteroatoms. The van der Waals surface area contributed by atoms with Crippen molar-refractivity contribution in [1.29, 1.82) is 0 Å². The minimum absolute atomic E-state index is 0.272. The molecule has 0 atom stereocenters. The van der Waals surface area contributed by atoms with Gasteiger partial charge >= 0.3 is 0 Å². The lowest BCUT2D eigenvalue weighted by Gasteiger charge is -2.06. The van der Waals surface area contributed by atoms with Crippen molar-refractivity contribution in [3.63, 3.8) is 0 Å². The van der Waals surface area contributed by atoms with Crippen LogP contribution in [-0.4, -0.2) is 29.1 Å². The van der Waals surface area contributed by atoms with E-state index in [0.717, 1.165) is 56.5 Å². The Morgan fingerprint density at radius 3 is 1.20 bits per heavy atom. The van der Waals surface area contributed by atoms with Gasteiger partial charge in [-0.25, -0.2) is 0 Å². The van der Waals surface area contributed by atoms with Crippen molar-refractivity contribution in [3.05, 3.63) is 109 Å². The Morgan fingerprint density at radius 2 is 0.761 bits per heavy atom. The van der Waals surface area contributed by atoms with Gasteiger partial charge in [-0.1, -0.05) is 84.9 Å². The van der Waals surface area contributed by atoms with Crippen LogP contribution in [0, 0.1) is 0 Å². The van der Waals surface area contributed by atoms with Crippen LogP contribution in [0.3, 0.4) is 0 Å². The van der Waals surface area contributed by atoms with E-state index >= 15 is 0 Å². The zero-order valence-corrected chi connectivity index (χ0v) is 25.2. The first-order valence-electron chi connectivity index (χ1n) is 14.2. The van der Waals surface area contributed by atoms with Crippen LogP contribution in [0.1, 0.15) is 0 Å². The van der Waals surface area contributed by atoms with E-state index in [1.54, 1.807) is 0 Å². The highest BCUT2D eigenvalue weighted by atomic mass is 32.1. The van der Waals surface area contributed by atoms with Crippen molar-refractivity contribution in [2.45, 2.75) is 0 Å². The highest BCUT2D eigenvalue weighted by Crippen LogP contribution is 2.51. The number of fused-ring (bicyclic) bond motifs is 2. The molecule has 0 bridgehead atoms. The van der Waals surface area contributed by atoms with Crippen molar-refractivity contribution in [2.75, 3.05) is 0 Å². The second-order valence-electron chi connectivity index (χ2n) is 10.4. The number of benzene rings is 5. The molecule has 0 amide bonds. The van der Waals surface area contributed by atoms with Crippen LogP contribution in [0.5, 0.6) is 0 Å². The summed E-state index contributed by atoms with van der Waals surface area (Å²) in [4.78, 5) is 0. The molecular formula is C34H18N8O2S2. The molecule has 3 aromatic heterocycles. The third-order valence-corrected chi connectivity index (χ3v) is 8.74. The van der Waals surface area contributed by atoms with E-state index in [2.05, 4.69) is 62.1 Å². The van der Waals surface area contributed by atoms with Crippen molar-refractivity contribution in [2.24, 2.45) is 8.73 Å². The Hall–Kier alpha value is -5.98. The summed E-state index contributed by atoms with van der Waals surface area (Å²) in [6, 6.07) is 36.3. The van der Waals surface area contributed by atoms with Crippen molar-refractivity contribution in [3.8, 4) is 68.1 Å². The first-order chi connectivity index (χ1) is 22.8. The van der Waals surface area contributed by atoms with Crippen LogP contribution < -0.4 is 0 Å². The van der Waals surface area contributed by atoms with E-state index in [9.17, 15) is 0 Å². The van der Waals surface area contributed by atoms with Gasteiger partial charge in [0.15, 0.2) is 0 Å². The molecule has 10 nitrogen and oxygen atoms in total. The molecule has 0 saturated carbocycles. The number of aromatic nitrogens is 6. The summed E-state index contributed by atoms with van der Waals surface area (Å²) >= 11 is 2.12. The predicted molar refractivity (Wildman–Crippen MR) is 177 cm³/mol. The maximum absolute atomic E-state index is 6.21. The smallest absolute Gasteiger partial charge is 0.252 e. The number of hydrogen-bond acceptors (Lipinski definition) is 11. The minimum Gasteiger partial charge on any atom is -0.416 e. The van der Waals surface area contributed by atoms with E-state index in [1.165, 1.54) is 0 Å². The maximum Gasteiger partial charge on any atom is 0.252 e. The lowest BCUT2D eigenvalue weighted by Crippen LogP contribution is -1.88. The standard InChI is InChI=1S/C34H18N8O2S2/c1-3-7-19(8-4-1)21-11-15-23(16-12-21)31-35-37-33(43-31)25-27-29(41-45-39-27)26(30-28(25)40-46-42-30)34-38-36-32(44-34)24-17-13-22(14-18-24)20-9-5-2-6-10-20/h1-18H. The van der Waals surface area contributed by atoms with Gasteiger partial charge < -0.3 is 8.83 Å². The Kier molecular flexibility index (Phi) is 6.25. The second kappa shape index (κ2) is 10.9. The molecule has 0 N–H and O–H groups in total. The van der Waals surface area contributed by atoms with Crippen LogP contribution >= 0.6 is 11.7 Å². The molecule has 1 aliphatic rings. The van der Waals surface area contributed by atoms with Crippen molar-refractivity contribution in [1.82, 2.24) is 29.1 Å². The fourth-order valence-electron chi connectivity index (χ4n) is 5.42. The van der Waals surface area contributed by atoms with Crippen LogP contribution in [-0.2, 0) is 11.4 Å². The summed E-state index contributed by atoms with van der Waals surface area (Å²) in [7, 11) is 0. The monoisotopic (exact) mass is 634 g/mol. The Morgan fingerprint density at radius 1 is 0.391 bits per heavy atom. The topological polar surface area (TPSA) is 128 Å². The molecule has 0 spiro atoms. The normalized spacial score (nSPS) is 12.0. The molecule has 46 heavy (non-hydrogen) atoms. The molecule has 8 aromatic rings. The summed E-state index contributed by atoms with van der Waals surface area (Å²) in [6.45, 7) is 0. The molecule has 1 aliphatic heterocycles. The molecule has 0 aliphatic carbocycles. The average Bonchev–Trinajstić information content (AvgIpc) is 3.96. The zero-order valence-electron chi connectivity index (χ0n) is 23.6. The summed E-state index contributed by atoms with van der Waals surface area (Å²) in [5.41, 5.74) is 9.35. The molecule has 0 fully saturated rings. The first-order valence-corrected chi connectivity index (χ1v) is 15.7. The van der Waals surface area contributed by atoms with Crippen molar-refractivity contribution >= 4 is 45.5 Å². The van der Waals surface area contributed by atoms with E-state index in [0.29, 0.717) is 45.3 Å². The van der Waals surface area contributed by atoms with Crippen LogP contribution in [0.4, 0.5) is 11.4 Å². The maximum atomic E-state index is 6.21. The highest BCUT2D eigenvalue weighted by Gasteiger charge is 2.31. The summed E-state index contributed by atoms with van der Waals surface area (Å²) in [5, 5.41) is 17.5. The molecule has 4 heterocycles. The van der Waals surface area contributed by atoms with Gasteiger partial charge in [-0.2, -0.15) is 17.5 Å². The molecule has 0 radical (unpaired) electrons. The second-order valence-corrected chi connectivity index (χ2v) is 11.4. The fourth-order valence-corrected chi connectivity index (χ4v) is 6.54. The fraction of sp³-hybridized carbons (Fsp3) is 0. The lowest BCUT2D eigenvalue weighted by molar-refractivity contribution is 0.584. The molecule has 9 rings (SSSR count). The van der Waals surface area contributed by atoms with Gasteiger partial charge in [0.05, 0.1) is 34.2 Å². The Labute approximate surface area is 268 Å². The summed E-state index contributed by atoms with van der Waals surface area (Å²) < 4.78 is 30.8. The van der Waals surface area contributed by atoms with Gasteiger partial charge in [-0.05, 0) is 46.5 Å². The van der Waals surface area contributed by atoms with Gasteiger partial charge in [-0.3, -0.25) is 0 Å². The number of nitrogens with zero attached hydrogens (tertiary/aromatic N) is 8. The Bertz CT molecular complexity index is 2280. The van der Waals surface area contributed by atoms with E-state index in [4.69, 9.17) is 8.83 Å². The van der Waals surface area contributed by atoms with Crippen LogP contribution in [0.2, 0.25) is 0 Å². The Balaban J connectivity index is 1.07. The molecule has 0 saturated heterocycles. The lowest BCUT2D eigenvalue weighted by atomic mass is 10.0. The summed E-state index contributed by atoms with van der Waals surface area (Å²) in [6.07, 6.45) is 0. The number of rotatable bonds is 6. The molecular weight excluding hydrogens is 617 g/mol. The van der Waals surface area contributed by atoms with E-state index in [-0.39, 0.29) is 11.8 Å². The van der Waals surface area contributed by atoms with Gasteiger partial charge in [0.1, 0.15) is 22.4 Å². The molecule has 218 valence electrons. The predicted octanol–water partition coefficient (Wildman–Crippen LogP) is 9.19. The van der Waals surface area contributed by atoms with Crippen LogP contribution in [0.15, 0.2) is 127 Å². The van der Waals surface area contributed by atoms with Crippen LogP contribution in [0.25, 0.3) is 79.1 Å². The van der Waals surface area contributed by atoms with Crippen molar-refractivity contribution < 1.29 is 8.83 Å². The number of hydrogen-bond donors (Lipinski definition) is 0. The third-order valence-electron chi connectivity index (χ3n) is 7.68. The van der Waals surface area contributed by atoms with E-state index < -0.39 is 0 Å². The zero-order chi connectivity index (χ0) is 30.5. The van der Waals surface area contributed by atoms with E-state index in [1.807, 2.05) is 84.9 Å². The quantitative estimate of drug-likeness (QED) is 0.177.